The Balaban J connectivity index is 0.000000207. The third kappa shape index (κ3) is 22.9. The van der Waals surface area contributed by atoms with Crippen molar-refractivity contribution >= 4 is 80.9 Å². The zero-order chi connectivity index (χ0) is 77.8. The Labute approximate surface area is 629 Å². The molecule has 4 aromatic carbocycles. The van der Waals surface area contributed by atoms with Crippen LogP contribution in [0.25, 0.3) is 0 Å². The third-order valence-corrected chi connectivity index (χ3v) is 19.8. The lowest BCUT2D eigenvalue weighted by molar-refractivity contribution is 0.0980. The maximum atomic E-state index is 13.3. The molecule has 0 saturated carbocycles. The van der Waals surface area contributed by atoms with Crippen LogP contribution in [0.5, 0.6) is 0 Å². The van der Waals surface area contributed by atoms with E-state index in [9.17, 15) is 18.8 Å². The van der Waals surface area contributed by atoms with Gasteiger partial charge in [0.2, 0.25) is 0 Å². The van der Waals surface area contributed by atoms with Crippen molar-refractivity contribution in [3.63, 3.8) is 0 Å². The summed E-state index contributed by atoms with van der Waals surface area (Å²) >= 11 is 1.70. The van der Waals surface area contributed by atoms with Gasteiger partial charge in [-0.15, -0.1) is 11.8 Å². The van der Waals surface area contributed by atoms with E-state index in [-0.39, 0.29) is 34.1 Å². The van der Waals surface area contributed by atoms with Gasteiger partial charge in [0.25, 0.3) is 0 Å². The Morgan fingerprint density at radius 1 is 0.505 bits per heavy atom. The molecule has 0 N–H and O–H groups in total. The standard InChI is InChI=1S/C23H30N2O.C19H22N2O.C17H17FN2O.C17H26N2.C14H14N2S/c1-7-19(20-13-10-14-21(24-20)22(26)8-2)25-23-17(15(3)4)11-9-12-18(23)16(5)6;1-12(2)16-9-6-8-13(3)19(16)20-14(4)17-10-7-11-18(21-17)15(5)22;1-10-8-14(18)9-11(2)17(10)19-12(3)15-6-5-7-16(20-15)13(4)21;1-10-11(2)13(4)18-15(12(10)3)14-9-16(5,6)17(7,8)19-14;1-11-6-5-7-12(16-11)10-15-13-8-3-4-9-14(13)17-2/h9-16H,7-8H2,1-6H3;6-12H,1-5H3;5-9H,1-4H3;9H2,1-8H3;3-10H,1-2H3. The number of rotatable bonds is 18. The van der Waals surface area contributed by atoms with Crippen LogP contribution in [0.1, 0.15) is 269 Å². The Hall–Kier alpha value is -9.73. The molecule has 0 spiro atoms. The molecule has 6 heterocycles. The number of halogens is 1. The second-order valence-electron chi connectivity index (χ2n) is 28.8. The minimum absolute atomic E-state index is 0.0108. The van der Waals surface area contributed by atoms with Gasteiger partial charge in [0.15, 0.2) is 17.3 Å². The van der Waals surface area contributed by atoms with Crippen molar-refractivity contribution in [2.24, 2.45) is 30.4 Å². The number of nitrogens with zero attached hydrogens (tertiary/aromatic N) is 10. The van der Waals surface area contributed by atoms with E-state index < -0.39 is 0 Å². The highest BCUT2D eigenvalue weighted by Crippen LogP contribution is 2.44. The van der Waals surface area contributed by atoms with E-state index >= 15 is 0 Å². The second-order valence-corrected chi connectivity index (χ2v) is 29.7. The molecule has 5 aromatic heterocycles. The number of thioether (sulfide) groups is 1. The number of hydrogen-bond donors (Lipinski definition) is 0. The molecule has 0 bridgehead atoms. The SMILES string of the molecule is CC(=O)c1cccc(C(C)=Nc2c(C)cc(F)cc2C)n1.CC(=O)c1cccc(C(C)=Nc2c(C)cccc2C(C)C)n1.CCC(=O)c1cccc(C(CC)=Nc2c(C(C)C)cccc2C(C)C)n1.CSc1ccccc1N=Cc1cccc(C)n1.Cc1nc(C2=NC(C)(C)C(C)(C)C2)c(C)c(C)c1C. The van der Waals surface area contributed by atoms with Gasteiger partial charge in [0.05, 0.1) is 85.8 Å². The molecular formula is C90H109FN10O3S. The first-order valence-corrected chi connectivity index (χ1v) is 37.5. The summed E-state index contributed by atoms with van der Waals surface area (Å²) in [6, 6.07) is 46.0. The first kappa shape index (κ1) is 84.2. The van der Waals surface area contributed by atoms with Gasteiger partial charge in [0, 0.05) is 36.6 Å². The minimum Gasteiger partial charge on any atom is -0.293 e. The van der Waals surface area contributed by atoms with E-state index in [0.29, 0.717) is 52.7 Å². The van der Waals surface area contributed by atoms with Crippen molar-refractivity contribution in [1.29, 1.82) is 0 Å². The number of aryl methyl sites for hydroxylation is 5. The first-order valence-electron chi connectivity index (χ1n) is 36.3. The molecule has 1 aliphatic heterocycles. The number of Topliss-reactive ketones (excluding diaryl/α,β-unsaturated/α-hetero) is 3. The van der Waals surface area contributed by atoms with Gasteiger partial charge in [-0.25, -0.2) is 19.3 Å². The monoisotopic (exact) mass is 1430 g/mol. The van der Waals surface area contributed by atoms with Gasteiger partial charge >= 0.3 is 0 Å². The molecule has 550 valence electrons. The molecule has 0 radical (unpaired) electrons. The second kappa shape index (κ2) is 38.3. The fraction of sp³-hybridized carbons (Fsp3) is 0.367. The molecule has 0 atom stereocenters. The third-order valence-electron chi connectivity index (χ3n) is 19.0. The lowest BCUT2D eigenvalue weighted by Gasteiger charge is -2.32. The van der Waals surface area contributed by atoms with Crippen molar-refractivity contribution in [3.05, 3.63) is 258 Å². The van der Waals surface area contributed by atoms with E-state index in [0.717, 1.165) is 97.9 Å². The number of carbonyl (C=O) groups is 3. The normalized spacial score (nSPS) is 13.3. The quantitative estimate of drug-likeness (QED) is 0.0459. The van der Waals surface area contributed by atoms with E-state index in [4.69, 9.17) is 20.0 Å². The molecule has 0 saturated heterocycles. The first-order chi connectivity index (χ1) is 49.5. The Morgan fingerprint density at radius 3 is 1.48 bits per heavy atom. The number of hydrogen-bond acceptors (Lipinski definition) is 14. The maximum absolute atomic E-state index is 13.3. The van der Waals surface area contributed by atoms with Crippen LogP contribution in [0.15, 0.2) is 175 Å². The highest BCUT2D eigenvalue weighted by molar-refractivity contribution is 7.98. The molecule has 0 fully saturated rings. The molecule has 9 aromatic rings. The van der Waals surface area contributed by atoms with Crippen molar-refractivity contribution in [2.75, 3.05) is 6.26 Å². The molecule has 13 nitrogen and oxygen atoms in total. The Morgan fingerprint density at radius 2 is 0.981 bits per heavy atom. The fourth-order valence-corrected chi connectivity index (χ4v) is 12.2. The summed E-state index contributed by atoms with van der Waals surface area (Å²) in [5.41, 5.74) is 25.7. The summed E-state index contributed by atoms with van der Waals surface area (Å²) in [5, 5.41) is 0. The number of benzene rings is 4. The van der Waals surface area contributed by atoms with E-state index in [1.807, 2.05) is 108 Å². The largest absolute Gasteiger partial charge is 0.293 e. The number of carbonyl (C=O) groups excluding carboxylic acids is 3. The topological polar surface area (TPSA) is 177 Å². The smallest absolute Gasteiger partial charge is 0.180 e. The van der Waals surface area contributed by atoms with Crippen LogP contribution in [0.3, 0.4) is 0 Å². The van der Waals surface area contributed by atoms with Crippen LogP contribution in [0, 0.1) is 66.6 Å². The molecule has 0 unspecified atom stereocenters. The summed E-state index contributed by atoms with van der Waals surface area (Å²) in [6.07, 6.45) is 6.10. The number of aliphatic imine (C=N–C) groups is 5. The fourth-order valence-electron chi connectivity index (χ4n) is 11.7. The van der Waals surface area contributed by atoms with Gasteiger partial charge in [-0.1, -0.05) is 142 Å². The van der Waals surface area contributed by atoms with E-state index in [1.165, 1.54) is 70.0 Å². The highest BCUT2D eigenvalue weighted by atomic mass is 32.2. The van der Waals surface area contributed by atoms with Gasteiger partial charge in [0.1, 0.15) is 22.9 Å². The predicted molar refractivity (Wildman–Crippen MR) is 440 cm³/mol. The number of ketones is 3. The van der Waals surface area contributed by atoms with Gasteiger partial charge in [-0.2, -0.15) is 0 Å². The average Bonchev–Trinajstić information content (AvgIpc) is 1.62. The number of aromatic nitrogens is 5. The lowest BCUT2D eigenvalue weighted by atomic mass is 9.74. The Bertz CT molecular complexity index is 4700. The van der Waals surface area contributed by atoms with Crippen molar-refractivity contribution in [2.45, 2.75) is 214 Å². The summed E-state index contributed by atoms with van der Waals surface area (Å²) in [7, 11) is 0. The molecule has 15 heteroatoms. The summed E-state index contributed by atoms with van der Waals surface area (Å²) < 4.78 is 13.3. The zero-order valence-corrected chi connectivity index (χ0v) is 67.6. The average molecular weight is 1430 g/mol. The van der Waals surface area contributed by atoms with Gasteiger partial charge < -0.3 is 0 Å². The van der Waals surface area contributed by atoms with Crippen LogP contribution in [0.2, 0.25) is 0 Å². The van der Waals surface area contributed by atoms with E-state index in [2.05, 4.69) is 189 Å². The predicted octanol–water partition coefficient (Wildman–Crippen LogP) is 23.7. The molecule has 0 amide bonds. The van der Waals surface area contributed by atoms with Crippen LogP contribution in [0.4, 0.5) is 27.1 Å². The summed E-state index contributed by atoms with van der Waals surface area (Å²) in [6.45, 7) is 49.2. The molecule has 105 heavy (non-hydrogen) atoms. The molecular weight excluding hydrogens is 1320 g/mol. The highest BCUT2D eigenvalue weighted by Gasteiger charge is 2.44. The van der Waals surface area contributed by atoms with Crippen molar-refractivity contribution in [1.82, 2.24) is 24.9 Å². The van der Waals surface area contributed by atoms with Crippen LogP contribution in [-0.4, -0.2) is 83.1 Å². The van der Waals surface area contributed by atoms with Crippen molar-refractivity contribution < 1.29 is 18.8 Å². The molecule has 0 aliphatic carbocycles. The molecule has 1 aliphatic rings. The van der Waals surface area contributed by atoms with Gasteiger partial charge in [-0.05, 0) is 248 Å². The van der Waals surface area contributed by atoms with Gasteiger partial charge in [-0.3, -0.25) is 49.3 Å². The maximum Gasteiger partial charge on any atom is 0.180 e. The summed E-state index contributed by atoms with van der Waals surface area (Å²) in [5.74, 6) is 0.874. The van der Waals surface area contributed by atoms with Crippen LogP contribution >= 0.6 is 11.8 Å². The summed E-state index contributed by atoms with van der Waals surface area (Å²) in [4.78, 5) is 82.4. The van der Waals surface area contributed by atoms with Crippen LogP contribution < -0.4 is 0 Å². The van der Waals surface area contributed by atoms with Crippen molar-refractivity contribution in [3.8, 4) is 0 Å². The minimum atomic E-state index is -0.265. The van der Waals surface area contributed by atoms with Crippen LogP contribution in [-0.2, 0) is 0 Å². The number of para-hydroxylation sites is 3. The van der Waals surface area contributed by atoms with E-state index in [1.54, 1.807) is 42.1 Å². The lowest BCUT2D eigenvalue weighted by Crippen LogP contribution is -2.32. The molecule has 10 rings (SSSR count). The number of pyridine rings is 5. The zero-order valence-electron chi connectivity index (χ0n) is 66.8. The Kier molecular flexibility index (Phi) is 30.7.